The molecule has 0 unspecified atom stereocenters. The molecule has 1 fully saturated rings. The average Bonchev–Trinajstić information content (AvgIpc) is 2.59. The molecule has 0 spiro atoms. The molecule has 138 valence electrons. The standard InChI is InChI=1S/C19H23N3O4/c1-11-16(19(24)25)18(20)17-14(21-11)4-3-5-15(17)26-10-13-6-8-22(9-7-13)12(2)23/h3-5,13H,6-10H2,1-2H3,(H2,20,21)(H,24,25). The maximum atomic E-state index is 11.5. The van der Waals surface area contributed by atoms with Crippen molar-refractivity contribution in [3.8, 4) is 5.75 Å². The van der Waals surface area contributed by atoms with E-state index in [0.717, 1.165) is 25.9 Å². The van der Waals surface area contributed by atoms with E-state index in [1.165, 1.54) is 0 Å². The number of rotatable bonds is 4. The van der Waals surface area contributed by atoms with Gasteiger partial charge in [0.1, 0.15) is 11.3 Å². The predicted octanol–water partition coefficient (Wildman–Crippen LogP) is 2.46. The smallest absolute Gasteiger partial charge is 0.339 e. The number of aromatic carboxylic acids is 1. The van der Waals surface area contributed by atoms with Gasteiger partial charge in [0.15, 0.2) is 0 Å². The quantitative estimate of drug-likeness (QED) is 0.871. The normalized spacial score (nSPS) is 15.2. The second-order valence-corrected chi connectivity index (χ2v) is 6.70. The van der Waals surface area contributed by atoms with Gasteiger partial charge in [0.2, 0.25) is 5.91 Å². The predicted molar refractivity (Wildman–Crippen MR) is 98.3 cm³/mol. The van der Waals surface area contributed by atoms with Crippen molar-refractivity contribution in [1.29, 1.82) is 0 Å². The first kappa shape index (κ1) is 18.0. The summed E-state index contributed by atoms with van der Waals surface area (Å²) < 4.78 is 5.99. The van der Waals surface area contributed by atoms with Crippen LogP contribution >= 0.6 is 0 Å². The van der Waals surface area contributed by atoms with Crippen LogP contribution in [-0.2, 0) is 4.79 Å². The van der Waals surface area contributed by atoms with Crippen molar-refractivity contribution in [2.24, 2.45) is 5.92 Å². The molecule has 0 atom stereocenters. The highest BCUT2D eigenvalue weighted by molar-refractivity contribution is 6.06. The number of carbonyl (C=O) groups is 2. The van der Waals surface area contributed by atoms with E-state index in [1.807, 2.05) is 11.0 Å². The molecule has 2 heterocycles. The van der Waals surface area contributed by atoms with E-state index < -0.39 is 5.97 Å². The van der Waals surface area contributed by atoms with E-state index >= 15 is 0 Å². The van der Waals surface area contributed by atoms with Crippen LogP contribution in [0.2, 0.25) is 0 Å². The summed E-state index contributed by atoms with van der Waals surface area (Å²) in [5.41, 5.74) is 7.34. The number of hydrogen-bond acceptors (Lipinski definition) is 5. The van der Waals surface area contributed by atoms with E-state index in [2.05, 4.69) is 4.98 Å². The zero-order valence-electron chi connectivity index (χ0n) is 15.0. The highest BCUT2D eigenvalue weighted by Gasteiger charge is 2.22. The number of carbonyl (C=O) groups excluding carboxylic acids is 1. The molecule has 1 aliphatic heterocycles. The van der Waals surface area contributed by atoms with E-state index in [4.69, 9.17) is 10.5 Å². The molecule has 7 heteroatoms. The summed E-state index contributed by atoms with van der Waals surface area (Å²) in [6.07, 6.45) is 1.77. The van der Waals surface area contributed by atoms with Crippen LogP contribution < -0.4 is 10.5 Å². The lowest BCUT2D eigenvalue weighted by atomic mass is 9.98. The van der Waals surface area contributed by atoms with Gasteiger partial charge in [0.05, 0.1) is 28.9 Å². The first-order valence-electron chi connectivity index (χ1n) is 8.69. The molecule has 1 aliphatic rings. The van der Waals surface area contributed by atoms with E-state index in [-0.39, 0.29) is 17.2 Å². The van der Waals surface area contributed by atoms with Crippen LogP contribution in [-0.4, -0.2) is 46.6 Å². The number of amides is 1. The highest BCUT2D eigenvalue weighted by Crippen LogP contribution is 2.34. The number of nitrogen functional groups attached to an aromatic ring is 1. The fraction of sp³-hybridized carbons (Fsp3) is 0.421. The number of benzene rings is 1. The van der Waals surface area contributed by atoms with Gasteiger partial charge in [-0.05, 0) is 37.8 Å². The topological polar surface area (TPSA) is 106 Å². The number of anilines is 1. The van der Waals surface area contributed by atoms with Gasteiger partial charge >= 0.3 is 5.97 Å². The summed E-state index contributed by atoms with van der Waals surface area (Å²) in [5, 5.41) is 9.95. The Kier molecular flexibility index (Phi) is 4.97. The van der Waals surface area contributed by atoms with Crippen LogP contribution in [0.25, 0.3) is 10.9 Å². The lowest BCUT2D eigenvalue weighted by Crippen LogP contribution is -2.38. The molecule has 3 rings (SSSR count). The van der Waals surface area contributed by atoms with Gasteiger partial charge < -0.3 is 20.5 Å². The first-order chi connectivity index (χ1) is 12.4. The molecule has 1 saturated heterocycles. The SMILES string of the molecule is CC(=O)N1CCC(COc2cccc3nc(C)c(C(=O)O)c(N)c23)CC1. The number of fused-ring (bicyclic) bond motifs is 1. The number of pyridine rings is 1. The molecular weight excluding hydrogens is 334 g/mol. The fourth-order valence-corrected chi connectivity index (χ4v) is 3.45. The minimum absolute atomic E-state index is 0.0170. The largest absolute Gasteiger partial charge is 0.493 e. The second kappa shape index (κ2) is 7.19. The molecule has 0 saturated carbocycles. The molecule has 7 nitrogen and oxygen atoms in total. The van der Waals surface area contributed by atoms with Crippen molar-refractivity contribution in [3.05, 3.63) is 29.5 Å². The summed E-state index contributed by atoms with van der Waals surface area (Å²) in [5.74, 6) is -0.0990. The summed E-state index contributed by atoms with van der Waals surface area (Å²) in [6.45, 7) is 5.21. The van der Waals surface area contributed by atoms with Crippen molar-refractivity contribution in [1.82, 2.24) is 9.88 Å². The van der Waals surface area contributed by atoms with Gasteiger partial charge in [0.25, 0.3) is 0 Å². The van der Waals surface area contributed by atoms with Crippen LogP contribution in [0.15, 0.2) is 18.2 Å². The van der Waals surface area contributed by atoms with E-state index in [1.54, 1.807) is 26.0 Å². The van der Waals surface area contributed by atoms with Crippen LogP contribution in [0.5, 0.6) is 5.75 Å². The lowest BCUT2D eigenvalue weighted by molar-refractivity contribution is -0.130. The van der Waals surface area contributed by atoms with Gasteiger partial charge in [0, 0.05) is 20.0 Å². The van der Waals surface area contributed by atoms with Gasteiger partial charge in [-0.25, -0.2) is 4.79 Å². The molecule has 0 radical (unpaired) electrons. The Bertz CT molecular complexity index is 857. The number of nitrogens with zero attached hydrogens (tertiary/aromatic N) is 2. The third-order valence-corrected chi connectivity index (χ3v) is 4.94. The fourth-order valence-electron chi connectivity index (χ4n) is 3.45. The molecule has 1 aromatic heterocycles. The molecule has 2 aromatic rings. The maximum Gasteiger partial charge on any atom is 0.339 e. The number of ether oxygens (including phenoxy) is 1. The third kappa shape index (κ3) is 3.42. The lowest BCUT2D eigenvalue weighted by Gasteiger charge is -2.31. The molecule has 1 amide bonds. The second-order valence-electron chi connectivity index (χ2n) is 6.70. The Labute approximate surface area is 151 Å². The Hall–Kier alpha value is -2.83. The Balaban J connectivity index is 1.81. The van der Waals surface area contributed by atoms with Crippen LogP contribution in [0, 0.1) is 12.8 Å². The van der Waals surface area contributed by atoms with E-state index in [0.29, 0.717) is 34.9 Å². The van der Waals surface area contributed by atoms with Crippen molar-refractivity contribution in [2.45, 2.75) is 26.7 Å². The minimum Gasteiger partial charge on any atom is -0.493 e. The number of carboxylic acids is 1. The zero-order valence-corrected chi connectivity index (χ0v) is 15.0. The minimum atomic E-state index is -1.10. The van der Waals surface area contributed by atoms with Crippen LogP contribution in [0.3, 0.4) is 0 Å². The van der Waals surface area contributed by atoms with Gasteiger partial charge in [-0.1, -0.05) is 6.07 Å². The first-order valence-corrected chi connectivity index (χ1v) is 8.69. The van der Waals surface area contributed by atoms with Crippen molar-refractivity contribution < 1.29 is 19.4 Å². The van der Waals surface area contributed by atoms with Crippen LogP contribution in [0.4, 0.5) is 5.69 Å². The monoisotopic (exact) mass is 357 g/mol. The summed E-state index contributed by atoms with van der Waals surface area (Å²) >= 11 is 0. The molecule has 0 aliphatic carbocycles. The maximum absolute atomic E-state index is 11.5. The van der Waals surface area contributed by atoms with Gasteiger partial charge in [-0.3, -0.25) is 9.78 Å². The number of piperidine rings is 1. The van der Waals surface area contributed by atoms with Gasteiger partial charge in [-0.15, -0.1) is 0 Å². The number of carboxylic acid groups (broad SMARTS) is 1. The molecule has 0 bridgehead atoms. The zero-order chi connectivity index (χ0) is 18.8. The van der Waals surface area contributed by atoms with Gasteiger partial charge in [-0.2, -0.15) is 0 Å². The Morgan fingerprint density at radius 1 is 1.35 bits per heavy atom. The number of hydrogen-bond donors (Lipinski definition) is 2. The number of aromatic nitrogens is 1. The molecule has 3 N–H and O–H groups in total. The summed E-state index contributed by atoms with van der Waals surface area (Å²) in [7, 11) is 0. The summed E-state index contributed by atoms with van der Waals surface area (Å²) in [6, 6.07) is 5.40. The van der Waals surface area contributed by atoms with Crippen LogP contribution in [0.1, 0.15) is 35.8 Å². The van der Waals surface area contributed by atoms with Crippen molar-refractivity contribution >= 4 is 28.5 Å². The Morgan fingerprint density at radius 2 is 2.04 bits per heavy atom. The molecule has 1 aromatic carbocycles. The molecular formula is C19H23N3O4. The van der Waals surface area contributed by atoms with Crippen molar-refractivity contribution in [2.75, 3.05) is 25.4 Å². The van der Waals surface area contributed by atoms with E-state index in [9.17, 15) is 14.7 Å². The highest BCUT2D eigenvalue weighted by atomic mass is 16.5. The molecule has 26 heavy (non-hydrogen) atoms. The number of nitrogens with two attached hydrogens (primary N) is 1. The average molecular weight is 357 g/mol. The summed E-state index contributed by atoms with van der Waals surface area (Å²) in [4.78, 5) is 29.1. The third-order valence-electron chi connectivity index (χ3n) is 4.94. The van der Waals surface area contributed by atoms with Crippen molar-refractivity contribution in [3.63, 3.8) is 0 Å². The number of aryl methyl sites for hydroxylation is 1. The number of likely N-dealkylation sites (tertiary alicyclic amines) is 1. The Morgan fingerprint density at radius 3 is 2.65 bits per heavy atom.